The predicted octanol–water partition coefficient (Wildman–Crippen LogP) is 1.59. The number of hydrogen-bond donors (Lipinski definition) is 1. The summed E-state index contributed by atoms with van der Waals surface area (Å²) in [5.41, 5.74) is -0.939. The lowest BCUT2D eigenvalue weighted by molar-refractivity contribution is -0.102. The van der Waals surface area contributed by atoms with Gasteiger partial charge in [0.05, 0.1) is 5.54 Å². The van der Waals surface area contributed by atoms with Crippen molar-refractivity contribution in [1.82, 2.24) is 5.32 Å². The van der Waals surface area contributed by atoms with Crippen molar-refractivity contribution in [3.63, 3.8) is 0 Å². The van der Waals surface area contributed by atoms with Crippen LogP contribution in [0.3, 0.4) is 0 Å². The van der Waals surface area contributed by atoms with Crippen molar-refractivity contribution in [2.45, 2.75) is 30.7 Å². The number of ether oxygens (including phenoxy) is 1. The van der Waals surface area contributed by atoms with E-state index in [0.29, 0.717) is 32.6 Å². The van der Waals surface area contributed by atoms with Crippen molar-refractivity contribution in [2.24, 2.45) is 0 Å². The fourth-order valence-electron chi connectivity index (χ4n) is 2.09. The molecule has 0 aromatic heterocycles. The Kier molecular flexibility index (Phi) is 3.15. The Hall–Kier alpha value is 0.0700. The van der Waals surface area contributed by atoms with Gasteiger partial charge in [0.15, 0.2) is 0 Å². The Balaban J connectivity index is 0.000000845. The number of nitrogens with one attached hydrogen (secondary N) is 1. The van der Waals surface area contributed by atoms with Gasteiger partial charge in [-0.2, -0.15) is 0 Å². The van der Waals surface area contributed by atoms with E-state index in [1.165, 1.54) is 0 Å². The van der Waals surface area contributed by atoms with Gasteiger partial charge in [0.1, 0.15) is 0 Å². The summed E-state index contributed by atoms with van der Waals surface area (Å²) >= 11 is 0. The molecule has 2 saturated heterocycles. The van der Waals surface area contributed by atoms with E-state index in [1.54, 1.807) is 0 Å². The van der Waals surface area contributed by atoms with Crippen LogP contribution in [0.1, 0.15) is 19.3 Å². The van der Waals surface area contributed by atoms with E-state index >= 15 is 0 Å². The largest absolute Gasteiger partial charge is 0.381 e. The Bertz CT molecular complexity index is 183. The minimum Gasteiger partial charge on any atom is -0.381 e. The second-order valence-corrected chi connectivity index (χ2v) is 3.58. The van der Waals surface area contributed by atoms with Crippen molar-refractivity contribution in [2.75, 3.05) is 19.8 Å². The molecule has 2 heterocycles. The molecule has 0 bridgehead atoms. The summed E-state index contributed by atoms with van der Waals surface area (Å²) < 4.78 is 31.8. The van der Waals surface area contributed by atoms with Crippen LogP contribution in [0, 0.1) is 0 Å². The lowest BCUT2D eigenvalue weighted by atomic mass is 9.85. The number of hydrogen-bond acceptors (Lipinski definition) is 2. The van der Waals surface area contributed by atoms with Crippen molar-refractivity contribution in [3.05, 3.63) is 0 Å². The predicted molar refractivity (Wildman–Crippen MR) is 47.6 cm³/mol. The maximum atomic E-state index is 13.4. The molecule has 2 rings (SSSR count). The van der Waals surface area contributed by atoms with Crippen LogP contribution in [0.4, 0.5) is 8.78 Å². The fraction of sp³-hybridized carbons (Fsp3) is 1.00. The molecular weight excluding hydrogens is 200 g/mol. The highest BCUT2D eigenvalue weighted by molar-refractivity contribution is 5.85. The Morgan fingerprint density at radius 1 is 1.08 bits per heavy atom. The van der Waals surface area contributed by atoms with Gasteiger partial charge in [0.2, 0.25) is 0 Å². The lowest BCUT2D eigenvalue weighted by Gasteiger charge is -2.38. The van der Waals surface area contributed by atoms with Crippen molar-refractivity contribution in [3.8, 4) is 0 Å². The highest BCUT2D eigenvalue weighted by Crippen LogP contribution is 2.42. The van der Waals surface area contributed by atoms with Gasteiger partial charge < -0.3 is 10.1 Å². The van der Waals surface area contributed by atoms with E-state index in [9.17, 15) is 8.78 Å². The molecule has 0 saturated carbocycles. The zero-order valence-corrected chi connectivity index (χ0v) is 8.13. The first-order valence-electron chi connectivity index (χ1n) is 4.37. The van der Waals surface area contributed by atoms with Crippen LogP contribution < -0.4 is 5.32 Å². The third-order valence-electron chi connectivity index (χ3n) is 2.95. The molecule has 2 aliphatic rings. The van der Waals surface area contributed by atoms with Gasteiger partial charge in [0, 0.05) is 26.2 Å². The Morgan fingerprint density at radius 2 is 1.69 bits per heavy atom. The summed E-state index contributed by atoms with van der Waals surface area (Å²) in [6, 6.07) is 0. The van der Waals surface area contributed by atoms with Gasteiger partial charge in [-0.1, -0.05) is 0 Å². The van der Waals surface area contributed by atoms with Gasteiger partial charge in [-0.3, -0.25) is 0 Å². The number of halogens is 3. The Labute approximate surface area is 82.4 Å². The van der Waals surface area contributed by atoms with Crippen LogP contribution in [-0.4, -0.2) is 31.2 Å². The third-order valence-corrected chi connectivity index (χ3v) is 2.95. The molecule has 13 heavy (non-hydrogen) atoms. The van der Waals surface area contributed by atoms with Crippen LogP contribution in [-0.2, 0) is 4.74 Å². The van der Waals surface area contributed by atoms with Gasteiger partial charge in [-0.25, -0.2) is 8.78 Å². The number of alkyl halides is 2. The standard InChI is InChI=1S/C8H13F2NO.ClH/c9-8(10)1-4-11-7(8)2-5-12-6-3-7;/h11H,1-6H2;1H. The molecule has 0 atom stereocenters. The average molecular weight is 214 g/mol. The molecule has 0 aliphatic carbocycles. The average Bonchev–Trinajstić information content (AvgIpc) is 2.30. The summed E-state index contributed by atoms with van der Waals surface area (Å²) in [6.45, 7) is 1.36. The molecule has 0 radical (unpaired) electrons. The maximum Gasteiger partial charge on any atom is 0.267 e. The van der Waals surface area contributed by atoms with Crippen molar-refractivity contribution in [1.29, 1.82) is 0 Å². The molecule has 0 aromatic rings. The van der Waals surface area contributed by atoms with Crippen molar-refractivity contribution < 1.29 is 13.5 Å². The molecule has 0 aromatic carbocycles. The van der Waals surface area contributed by atoms with Crippen LogP contribution >= 0.6 is 12.4 Å². The molecule has 2 nitrogen and oxygen atoms in total. The van der Waals surface area contributed by atoms with E-state index in [-0.39, 0.29) is 18.8 Å². The van der Waals surface area contributed by atoms with Gasteiger partial charge in [-0.15, -0.1) is 12.4 Å². The lowest BCUT2D eigenvalue weighted by Crippen LogP contribution is -2.55. The highest BCUT2D eigenvalue weighted by atomic mass is 35.5. The SMILES string of the molecule is Cl.FC1(F)CCNC12CCOCC2. The molecule has 1 N–H and O–H groups in total. The Morgan fingerprint density at radius 3 is 2.15 bits per heavy atom. The van der Waals surface area contributed by atoms with Gasteiger partial charge in [-0.05, 0) is 12.8 Å². The fourth-order valence-corrected chi connectivity index (χ4v) is 2.09. The van der Waals surface area contributed by atoms with Crippen LogP contribution in [0.2, 0.25) is 0 Å². The maximum absolute atomic E-state index is 13.4. The smallest absolute Gasteiger partial charge is 0.267 e. The van der Waals surface area contributed by atoms with E-state index < -0.39 is 11.5 Å². The van der Waals surface area contributed by atoms with Crippen LogP contribution in [0.25, 0.3) is 0 Å². The van der Waals surface area contributed by atoms with E-state index in [1.807, 2.05) is 0 Å². The van der Waals surface area contributed by atoms with Crippen LogP contribution in [0.5, 0.6) is 0 Å². The summed E-state index contributed by atoms with van der Waals surface area (Å²) in [5.74, 6) is -2.53. The topological polar surface area (TPSA) is 21.3 Å². The quantitative estimate of drug-likeness (QED) is 0.660. The summed E-state index contributed by atoms with van der Waals surface area (Å²) in [5, 5.41) is 2.93. The first-order valence-corrected chi connectivity index (χ1v) is 4.37. The molecule has 78 valence electrons. The van der Waals surface area contributed by atoms with Gasteiger partial charge in [0.25, 0.3) is 5.92 Å². The minimum atomic E-state index is -2.53. The summed E-state index contributed by atoms with van der Waals surface area (Å²) in [6.07, 6.45) is 0.868. The van der Waals surface area contributed by atoms with Gasteiger partial charge >= 0.3 is 0 Å². The van der Waals surface area contributed by atoms with E-state index in [0.717, 1.165) is 0 Å². The monoisotopic (exact) mass is 213 g/mol. The molecular formula is C8H14ClF2NO. The summed E-state index contributed by atoms with van der Waals surface area (Å²) in [7, 11) is 0. The molecule has 0 amide bonds. The van der Waals surface area contributed by atoms with Crippen molar-refractivity contribution >= 4 is 12.4 Å². The van der Waals surface area contributed by atoms with E-state index in [2.05, 4.69) is 5.32 Å². The molecule has 2 aliphatic heterocycles. The second kappa shape index (κ2) is 3.67. The number of rotatable bonds is 0. The first-order chi connectivity index (χ1) is 5.66. The molecule has 5 heteroatoms. The zero-order valence-electron chi connectivity index (χ0n) is 7.32. The van der Waals surface area contributed by atoms with E-state index in [4.69, 9.17) is 4.74 Å². The normalized spacial score (nSPS) is 30.0. The second-order valence-electron chi connectivity index (χ2n) is 3.58. The minimum absolute atomic E-state index is 0. The van der Waals surface area contributed by atoms with Crippen LogP contribution in [0.15, 0.2) is 0 Å². The molecule has 2 fully saturated rings. The first kappa shape index (κ1) is 11.1. The zero-order chi connectivity index (χ0) is 8.66. The molecule has 1 spiro atoms. The highest BCUT2D eigenvalue weighted by Gasteiger charge is 2.56. The summed E-state index contributed by atoms with van der Waals surface area (Å²) in [4.78, 5) is 0. The third kappa shape index (κ3) is 1.67. The molecule has 0 unspecified atom stereocenters.